The van der Waals surface area contributed by atoms with E-state index in [0.29, 0.717) is 17.1 Å². The molecule has 1 aliphatic rings. The summed E-state index contributed by atoms with van der Waals surface area (Å²) >= 11 is 0. The van der Waals surface area contributed by atoms with Gasteiger partial charge in [-0.3, -0.25) is 9.59 Å². The molecular weight excluding hydrogens is 332 g/mol. The Kier molecular flexibility index (Phi) is 4.14. The van der Waals surface area contributed by atoms with E-state index < -0.39 is 22.7 Å². The molecule has 7 nitrogen and oxygen atoms in total. The van der Waals surface area contributed by atoms with Gasteiger partial charge in [0.25, 0.3) is 0 Å². The number of nitrogens with two attached hydrogens (primary N) is 1. The Bertz CT molecular complexity index is 1050. The minimum atomic E-state index is -0.727. The van der Waals surface area contributed by atoms with Crippen LogP contribution in [0.15, 0.2) is 47.5 Å². The van der Waals surface area contributed by atoms with E-state index in [1.165, 1.54) is 6.07 Å². The molecule has 2 aromatic carbocycles. The predicted molar refractivity (Wildman–Crippen MR) is 94.0 cm³/mol. The quantitative estimate of drug-likeness (QED) is 0.819. The van der Waals surface area contributed by atoms with Gasteiger partial charge in [-0.1, -0.05) is 0 Å². The van der Waals surface area contributed by atoms with Crippen LogP contribution in [0.5, 0.6) is 5.75 Å². The van der Waals surface area contributed by atoms with Crippen molar-refractivity contribution < 1.29 is 14.3 Å². The molecule has 126 valence electrons. The molecule has 0 spiro atoms. The van der Waals surface area contributed by atoms with E-state index in [1.807, 2.05) is 0 Å². The van der Waals surface area contributed by atoms with Gasteiger partial charge in [0.05, 0.1) is 23.9 Å². The average molecular weight is 344 g/mol. The van der Waals surface area contributed by atoms with Gasteiger partial charge in [0, 0.05) is 11.4 Å². The van der Waals surface area contributed by atoms with Crippen molar-refractivity contribution in [1.82, 2.24) is 0 Å². The number of nitrogens with one attached hydrogen (secondary N) is 1. The van der Waals surface area contributed by atoms with E-state index in [2.05, 4.69) is 5.32 Å². The van der Waals surface area contributed by atoms with E-state index >= 15 is 0 Å². The van der Waals surface area contributed by atoms with E-state index in [9.17, 15) is 14.9 Å². The Balaban J connectivity index is 2.15. The molecule has 0 atom stereocenters. The highest BCUT2D eigenvalue weighted by molar-refractivity contribution is 6.33. The maximum Gasteiger partial charge on any atom is 0.207 e. The summed E-state index contributed by atoms with van der Waals surface area (Å²) < 4.78 is 5.09. The van der Waals surface area contributed by atoms with Crippen LogP contribution in [-0.4, -0.2) is 18.7 Å². The van der Waals surface area contributed by atoms with Crippen molar-refractivity contribution in [3.8, 4) is 17.9 Å². The van der Waals surface area contributed by atoms with E-state index in [-0.39, 0.29) is 16.8 Å². The van der Waals surface area contributed by atoms with Crippen LogP contribution in [0.25, 0.3) is 0 Å². The molecule has 0 saturated heterocycles. The molecule has 0 saturated carbocycles. The van der Waals surface area contributed by atoms with Crippen LogP contribution in [0.1, 0.15) is 20.7 Å². The van der Waals surface area contributed by atoms with Gasteiger partial charge in [-0.05, 0) is 36.4 Å². The smallest absolute Gasteiger partial charge is 0.207 e. The molecule has 0 fully saturated rings. The van der Waals surface area contributed by atoms with Crippen LogP contribution in [0, 0.1) is 22.7 Å². The summed E-state index contributed by atoms with van der Waals surface area (Å²) in [6, 6.07) is 13.2. The first-order valence-electron chi connectivity index (χ1n) is 7.49. The summed E-state index contributed by atoms with van der Waals surface area (Å²) in [4.78, 5) is 25.3. The first kappa shape index (κ1) is 16.7. The molecule has 1 aliphatic carbocycles. The number of nitrogen functional groups attached to an aromatic ring is 1. The molecule has 0 aromatic heterocycles. The first-order chi connectivity index (χ1) is 12.5. The van der Waals surface area contributed by atoms with Gasteiger partial charge < -0.3 is 15.8 Å². The Morgan fingerprint density at radius 1 is 0.923 bits per heavy atom. The minimum Gasteiger partial charge on any atom is -0.497 e. The topological polar surface area (TPSA) is 129 Å². The number of hydrogen-bond donors (Lipinski definition) is 2. The summed E-state index contributed by atoms with van der Waals surface area (Å²) in [7, 11) is 1.55. The minimum absolute atomic E-state index is 0.0126. The Labute approximate surface area is 148 Å². The van der Waals surface area contributed by atoms with Gasteiger partial charge in [-0.15, -0.1) is 0 Å². The third-order valence-electron chi connectivity index (χ3n) is 3.99. The molecule has 2 aromatic rings. The summed E-state index contributed by atoms with van der Waals surface area (Å²) in [5.74, 6) is -0.772. The molecule has 3 N–H and O–H groups in total. The molecule has 7 heteroatoms. The van der Waals surface area contributed by atoms with Gasteiger partial charge in [0.15, 0.2) is 0 Å². The summed E-state index contributed by atoms with van der Waals surface area (Å²) in [6.45, 7) is 0. The number of carbonyl (C=O) groups is 2. The van der Waals surface area contributed by atoms with Crippen molar-refractivity contribution in [2.75, 3.05) is 18.2 Å². The van der Waals surface area contributed by atoms with E-state index in [4.69, 9.17) is 15.7 Å². The number of nitrogens with zero attached hydrogens (tertiary/aromatic N) is 2. The van der Waals surface area contributed by atoms with Gasteiger partial charge in [0.1, 0.15) is 29.0 Å². The lowest BCUT2D eigenvalue weighted by molar-refractivity contribution is 0.0983. The molecule has 0 radical (unpaired) electrons. The molecule has 0 unspecified atom stereocenters. The number of fused-ring (bicyclic) bond motifs is 1. The predicted octanol–water partition coefficient (Wildman–Crippen LogP) is 2.74. The fourth-order valence-corrected chi connectivity index (χ4v) is 2.72. The number of ketones is 2. The molecule has 0 heterocycles. The second kappa shape index (κ2) is 6.42. The van der Waals surface area contributed by atoms with E-state index in [1.54, 1.807) is 49.6 Å². The van der Waals surface area contributed by atoms with Crippen molar-refractivity contribution in [2.45, 2.75) is 0 Å². The van der Waals surface area contributed by atoms with Crippen LogP contribution >= 0.6 is 0 Å². The number of ether oxygens (including phenoxy) is 1. The average Bonchev–Trinajstić information content (AvgIpc) is 2.66. The van der Waals surface area contributed by atoms with Gasteiger partial charge >= 0.3 is 0 Å². The lowest BCUT2D eigenvalue weighted by atomic mass is 9.83. The number of rotatable bonds is 3. The zero-order valence-electron chi connectivity index (χ0n) is 13.7. The molecule has 3 rings (SSSR count). The Hall–Kier alpha value is -4.10. The highest BCUT2D eigenvalue weighted by Gasteiger charge is 2.36. The van der Waals surface area contributed by atoms with Crippen LogP contribution < -0.4 is 15.8 Å². The number of carbonyl (C=O) groups excluding carboxylic acids is 2. The van der Waals surface area contributed by atoms with Crippen LogP contribution in [0.2, 0.25) is 0 Å². The first-order valence-corrected chi connectivity index (χ1v) is 7.49. The zero-order chi connectivity index (χ0) is 18.8. The molecule has 26 heavy (non-hydrogen) atoms. The lowest BCUT2D eigenvalue weighted by Gasteiger charge is -2.20. The van der Waals surface area contributed by atoms with Crippen LogP contribution in [0.4, 0.5) is 17.1 Å². The normalized spacial score (nSPS) is 12.9. The van der Waals surface area contributed by atoms with E-state index in [0.717, 1.165) is 0 Å². The van der Waals surface area contributed by atoms with Gasteiger partial charge in [0.2, 0.25) is 11.6 Å². The molecule has 0 aliphatic heterocycles. The summed E-state index contributed by atoms with van der Waals surface area (Å²) in [5.41, 5.74) is 5.86. The van der Waals surface area contributed by atoms with Crippen molar-refractivity contribution in [3.05, 3.63) is 58.7 Å². The van der Waals surface area contributed by atoms with Gasteiger partial charge in [-0.25, -0.2) is 0 Å². The second-order valence-electron chi connectivity index (χ2n) is 5.44. The third kappa shape index (κ3) is 2.54. The summed E-state index contributed by atoms with van der Waals surface area (Å²) in [5, 5.41) is 21.4. The maximum atomic E-state index is 12.7. The number of anilines is 3. The highest BCUT2D eigenvalue weighted by atomic mass is 16.5. The Morgan fingerprint density at radius 3 is 2.04 bits per heavy atom. The van der Waals surface area contributed by atoms with Crippen LogP contribution in [0.3, 0.4) is 0 Å². The lowest BCUT2D eigenvalue weighted by Crippen LogP contribution is -2.23. The van der Waals surface area contributed by atoms with Crippen molar-refractivity contribution in [3.63, 3.8) is 0 Å². The number of nitriles is 2. The second-order valence-corrected chi connectivity index (χ2v) is 5.44. The fourth-order valence-electron chi connectivity index (χ4n) is 2.72. The molecule has 0 amide bonds. The van der Waals surface area contributed by atoms with Crippen molar-refractivity contribution in [1.29, 1.82) is 10.5 Å². The molecule has 0 bridgehead atoms. The number of Topliss-reactive ketones (excluding diaryl/α,β-unsaturated/α-hetero) is 2. The fraction of sp³-hybridized carbons (Fsp3) is 0.0526. The number of benzene rings is 2. The number of methoxy groups -OCH3 is 1. The monoisotopic (exact) mass is 344 g/mol. The zero-order valence-corrected chi connectivity index (χ0v) is 13.7. The van der Waals surface area contributed by atoms with Crippen molar-refractivity contribution >= 4 is 28.6 Å². The van der Waals surface area contributed by atoms with Gasteiger partial charge in [-0.2, -0.15) is 10.5 Å². The maximum absolute atomic E-state index is 12.7. The largest absolute Gasteiger partial charge is 0.497 e. The Morgan fingerprint density at radius 2 is 1.50 bits per heavy atom. The number of allylic oxidation sites excluding steroid dienone is 2. The number of hydrogen-bond acceptors (Lipinski definition) is 7. The van der Waals surface area contributed by atoms with Crippen LogP contribution in [-0.2, 0) is 0 Å². The summed E-state index contributed by atoms with van der Waals surface area (Å²) in [6.07, 6.45) is 0. The SMILES string of the molecule is COc1ccc(Nc2ccc(N)c3c2C(=O)C(C#N)=C(C#N)C3=O)cc1. The van der Waals surface area contributed by atoms with Crippen molar-refractivity contribution in [2.24, 2.45) is 0 Å². The standard InChI is InChI=1S/C19H12N4O3/c1-26-11-4-2-10(3-5-11)23-15-7-6-14(22)16-17(15)19(25)13(9-21)12(8-20)18(16)24/h2-7,23H,22H2,1H3. The third-order valence-corrected chi connectivity index (χ3v) is 3.99. The highest BCUT2D eigenvalue weighted by Crippen LogP contribution is 2.36. The molecular formula is C19H12N4O3.